The van der Waals surface area contributed by atoms with Crippen LogP contribution in [0.25, 0.3) is 0 Å². The van der Waals surface area contributed by atoms with E-state index in [2.05, 4.69) is 31.0 Å². The van der Waals surface area contributed by atoms with Crippen LogP contribution in [0, 0.1) is 17.8 Å². The van der Waals surface area contributed by atoms with E-state index in [1.807, 2.05) is 0 Å². The maximum Gasteiger partial charge on any atom is 0.00792 e. The molecule has 2 rings (SSSR count). The number of likely N-dealkylation sites (tertiary alicyclic amines) is 1. The molecule has 1 aliphatic heterocycles. The van der Waals surface area contributed by atoms with Crippen LogP contribution in [0.4, 0.5) is 0 Å². The Labute approximate surface area is 107 Å². The second-order valence-corrected chi connectivity index (χ2v) is 6.64. The van der Waals surface area contributed by atoms with E-state index in [1.165, 1.54) is 45.3 Å². The van der Waals surface area contributed by atoms with Gasteiger partial charge in [0, 0.05) is 19.1 Å². The summed E-state index contributed by atoms with van der Waals surface area (Å²) in [6, 6.07) is 0.778. The first-order chi connectivity index (χ1) is 8.16. The molecular weight excluding hydrogens is 208 g/mol. The molecule has 2 heteroatoms. The molecule has 1 saturated carbocycles. The van der Waals surface area contributed by atoms with Crippen molar-refractivity contribution in [2.45, 2.75) is 52.5 Å². The standard InChI is InChI=1S/C15H30N2/c1-12(2)9-16-8-7-13(3)17-10-14-5-4-6-15(14)11-17/h12-16H,4-11H2,1-3H3. The van der Waals surface area contributed by atoms with Crippen molar-refractivity contribution in [1.82, 2.24) is 10.2 Å². The molecule has 1 heterocycles. The van der Waals surface area contributed by atoms with Crippen LogP contribution in [-0.4, -0.2) is 37.1 Å². The summed E-state index contributed by atoms with van der Waals surface area (Å²) < 4.78 is 0. The van der Waals surface area contributed by atoms with E-state index >= 15 is 0 Å². The zero-order valence-electron chi connectivity index (χ0n) is 11.9. The lowest BCUT2D eigenvalue weighted by atomic mass is 10.0. The first-order valence-corrected chi connectivity index (χ1v) is 7.61. The molecule has 0 aromatic rings. The van der Waals surface area contributed by atoms with Crippen molar-refractivity contribution < 1.29 is 0 Å². The minimum atomic E-state index is 0.774. The quantitative estimate of drug-likeness (QED) is 0.716. The van der Waals surface area contributed by atoms with Gasteiger partial charge in [-0.05, 0) is 57.0 Å². The third kappa shape index (κ3) is 3.69. The lowest BCUT2D eigenvalue weighted by Gasteiger charge is -2.25. The van der Waals surface area contributed by atoms with Gasteiger partial charge in [0.1, 0.15) is 0 Å². The number of nitrogens with zero attached hydrogens (tertiary/aromatic N) is 1. The van der Waals surface area contributed by atoms with Crippen molar-refractivity contribution >= 4 is 0 Å². The third-order valence-electron chi connectivity index (χ3n) is 4.67. The van der Waals surface area contributed by atoms with Crippen LogP contribution in [-0.2, 0) is 0 Å². The van der Waals surface area contributed by atoms with Gasteiger partial charge in [-0.3, -0.25) is 0 Å². The third-order valence-corrected chi connectivity index (χ3v) is 4.67. The van der Waals surface area contributed by atoms with Crippen LogP contribution in [0.15, 0.2) is 0 Å². The zero-order chi connectivity index (χ0) is 12.3. The monoisotopic (exact) mass is 238 g/mol. The number of fused-ring (bicyclic) bond motifs is 1. The predicted octanol–water partition coefficient (Wildman–Crippen LogP) is 2.74. The van der Waals surface area contributed by atoms with Crippen molar-refractivity contribution in [3.8, 4) is 0 Å². The summed E-state index contributed by atoms with van der Waals surface area (Å²) in [5, 5.41) is 3.56. The van der Waals surface area contributed by atoms with Gasteiger partial charge in [-0.1, -0.05) is 20.3 Å². The zero-order valence-corrected chi connectivity index (χ0v) is 11.9. The molecule has 2 fully saturated rings. The highest BCUT2D eigenvalue weighted by Gasteiger charge is 2.37. The minimum Gasteiger partial charge on any atom is -0.316 e. The normalized spacial score (nSPS) is 31.1. The van der Waals surface area contributed by atoms with E-state index in [0.29, 0.717) is 0 Å². The lowest BCUT2D eigenvalue weighted by Crippen LogP contribution is -2.34. The van der Waals surface area contributed by atoms with Gasteiger partial charge in [-0.2, -0.15) is 0 Å². The molecule has 3 unspecified atom stereocenters. The van der Waals surface area contributed by atoms with E-state index in [1.54, 1.807) is 0 Å². The van der Waals surface area contributed by atoms with Crippen molar-refractivity contribution in [1.29, 1.82) is 0 Å². The molecule has 3 atom stereocenters. The van der Waals surface area contributed by atoms with Crippen LogP contribution in [0.2, 0.25) is 0 Å². The van der Waals surface area contributed by atoms with Crippen molar-refractivity contribution in [2.75, 3.05) is 26.2 Å². The molecule has 0 bridgehead atoms. The number of hydrogen-bond donors (Lipinski definition) is 1. The van der Waals surface area contributed by atoms with Crippen molar-refractivity contribution in [2.24, 2.45) is 17.8 Å². The summed E-state index contributed by atoms with van der Waals surface area (Å²) in [7, 11) is 0. The molecule has 0 amide bonds. The second kappa shape index (κ2) is 6.19. The topological polar surface area (TPSA) is 15.3 Å². The van der Waals surface area contributed by atoms with Crippen LogP contribution in [0.5, 0.6) is 0 Å². The van der Waals surface area contributed by atoms with Gasteiger partial charge in [-0.25, -0.2) is 0 Å². The van der Waals surface area contributed by atoms with Crippen molar-refractivity contribution in [3.63, 3.8) is 0 Å². The molecule has 17 heavy (non-hydrogen) atoms. The highest BCUT2D eigenvalue weighted by Crippen LogP contribution is 2.38. The largest absolute Gasteiger partial charge is 0.316 e. The molecule has 1 saturated heterocycles. The van der Waals surface area contributed by atoms with E-state index in [0.717, 1.165) is 30.3 Å². The summed E-state index contributed by atoms with van der Waals surface area (Å²) >= 11 is 0. The van der Waals surface area contributed by atoms with Gasteiger partial charge < -0.3 is 10.2 Å². The Morgan fingerprint density at radius 3 is 2.35 bits per heavy atom. The minimum absolute atomic E-state index is 0.774. The Morgan fingerprint density at radius 2 is 1.76 bits per heavy atom. The molecule has 2 aliphatic rings. The summed E-state index contributed by atoms with van der Waals surface area (Å²) in [6.07, 6.45) is 5.80. The molecule has 0 aromatic heterocycles. The molecule has 1 N–H and O–H groups in total. The van der Waals surface area contributed by atoms with Gasteiger partial charge in [0.2, 0.25) is 0 Å². The molecule has 100 valence electrons. The summed E-state index contributed by atoms with van der Waals surface area (Å²) in [5.74, 6) is 2.86. The van der Waals surface area contributed by atoms with Crippen LogP contribution < -0.4 is 5.32 Å². The van der Waals surface area contributed by atoms with Crippen LogP contribution >= 0.6 is 0 Å². The molecular formula is C15H30N2. The number of nitrogens with one attached hydrogen (secondary N) is 1. The molecule has 0 spiro atoms. The summed E-state index contributed by atoms with van der Waals surface area (Å²) in [4.78, 5) is 2.74. The Hall–Kier alpha value is -0.0800. The van der Waals surface area contributed by atoms with Gasteiger partial charge in [0.25, 0.3) is 0 Å². The molecule has 0 aromatic carbocycles. The smallest absolute Gasteiger partial charge is 0.00792 e. The Morgan fingerprint density at radius 1 is 1.12 bits per heavy atom. The lowest BCUT2D eigenvalue weighted by molar-refractivity contribution is 0.227. The SMILES string of the molecule is CC(C)CNCCC(C)N1CC2CCCC2C1. The highest BCUT2D eigenvalue weighted by molar-refractivity contribution is 4.90. The first-order valence-electron chi connectivity index (χ1n) is 7.61. The molecule has 0 radical (unpaired) electrons. The number of rotatable bonds is 6. The van der Waals surface area contributed by atoms with Crippen LogP contribution in [0.3, 0.4) is 0 Å². The van der Waals surface area contributed by atoms with E-state index in [4.69, 9.17) is 0 Å². The predicted molar refractivity (Wildman–Crippen MR) is 74.2 cm³/mol. The molecule has 1 aliphatic carbocycles. The Kier molecular flexibility index (Phi) is 4.87. The molecule has 2 nitrogen and oxygen atoms in total. The van der Waals surface area contributed by atoms with E-state index in [9.17, 15) is 0 Å². The average molecular weight is 238 g/mol. The maximum atomic E-state index is 3.56. The first kappa shape index (κ1) is 13.4. The van der Waals surface area contributed by atoms with Gasteiger partial charge in [0.15, 0.2) is 0 Å². The fraction of sp³-hybridized carbons (Fsp3) is 1.00. The highest BCUT2D eigenvalue weighted by atomic mass is 15.2. The van der Waals surface area contributed by atoms with Gasteiger partial charge >= 0.3 is 0 Å². The van der Waals surface area contributed by atoms with E-state index in [-0.39, 0.29) is 0 Å². The Bertz CT molecular complexity index is 215. The van der Waals surface area contributed by atoms with Gasteiger partial charge in [0.05, 0.1) is 0 Å². The van der Waals surface area contributed by atoms with Gasteiger partial charge in [-0.15, -0.1) is 0 Å². The second-order valence-electron chi connectivity index (χ2n) is 6.64. The maximum absolute atomic E-state index is 3.56. The average Bonchev–Trinajstić information content (AvgIpc) is 2.83. The van der Waals surface area contributed by atoms with Crippen LogP contribution in [0.1, 0.15) is 46.5 Å². The number of hydrogen-bond acceptors (Lipinski definition) is 2. The fourth-order valence-electron chi connectivity index (χ4n) is 3.52. The summed E-state index contributed by atoms with van der Waals surface area (Å²) in [6.45, 7) is 12.1. The van der Waals surface area contributed by atoms with E-state index < -0.39 is 0 Å². The van der Waals surface area contributed by atoms with Crippen molar-refractivity contribution in [3.05, 3.63) is 0 Å². The summed E-state index contributed by atoms with van der Waals surface area (Å²) in [5.41, 5.74) is 0. The fourth-order valence-corrected chi connectivity index (χ4v) is 3.52. The Balaban J connectivity index is 1.62.